The Balaban J connectivity index is 1.54. The molecule has 4 amide bonds. The van der Waals surface area contributed by atoms with Crippen molar-refractivity contribution in [1.82, 2.24) is 15.5 Å². The first-order valence-electron chi connectivity index (χ1n) is 11.5. The number of hydrogen-bond acceptors (Lipinski definition) is 8. The van der Waals surface area contributed by atoms with Gasteiger partial charge in [-0.2, -0.15) is 0 Å². The van der Waals surface area contributed by atoms with Gasteiger partial charge in [0.1, 0.15) is 5.41 Å². The number of carbonyl (C=O) groups is 3. The summed E-state index contributed by atoms with van der Waals surface area (Å²) in [6.45, 7) is 4.24. The number of benzene rings is 2. The zero-order chi connectivity index (χ0) is 25.7. The first-order chi connectivity index (χ1) is 17.4. The largest absolute Gasteiger partial charge is 0.493 e. The fraction of sp³-hybridized carbons (Fsp3) is 0.346. The van der Waals surface area contributed by atoms with Gasteiger partial charge in [-0.1, -0.05) is 18.2 Å². The van der Waals surface area contributed by atoms with Crippen LogP contribution < -0.4 is 29.6 Å². The average molecular weight is 496 g/mol. The highest BCUT2D eigenvalue weighted by Crippen LogP contribution is 2.36. The molecule has 2 N–H and O–H groups in total. The fourth-order valence-corrected chi connectivity index (χ4v) is 4.37. The molecule has 10 nitrogen and oxygen atoms in total. The van der Waals surface area contributed by atoms with E-state index in [1.54, 1.807) is 32.4 Å². The monoisotopic (exact) mass is 495 g/mol. The number of rotatable bonds is 11. The smallest absolute Gasteiger partial charge is 0.331 e. The molecule has 2 aliphatic heterocycles. The maximum atomic E-state index is 13.6. The summed E-state index contributed by atoms with van der Waals surface area (Å²) >= 11 is 0. The number of urea groups is 1. The topological polar surface area (TPSA) is 115 Å². The number of ether oxygens (including phenoxy) is 4. The normalized spacial score (nSPS) is 18.7. The second-order valence-corrected chi connectivity index (χ2v) is 8.53. The van der Waals surface area contributed by atoms with Crippen LogP contribution in [0.5, 0.6) is 23.0 Å². The number of imide groups is 2. The average Bonchev–Trinajstić information content (AvgIpc) is 3.35. The fourth-order valence-electron chi connectivity index (χ4n) is 4.37. The molecule has 0 radical (unpaired) electrons. The molecule has 1 saturated heterocycles. The van der Waals surface area contributed by atoms with Crippen molar-refractivity contribution < 1.29 is 33.3 Å². The Kier molecular flexibility index (Phi) is 7.44. The number of nitrogens with one attached hydrogen (secondary N) is 2. The van der Waals surface area contributed by atoms with E-state index in [0.29, 0.717) is 41.5 Å². The maximum Gasteiger partial charge on any atom is 0.331 e. The maximum absolute atomic E-state index is 13.6. The van der Waals surface area contributed by atoms with E-state index in [-0.39, 0.29) is 26.3 Å². The van der Waals surface area contributed by atoms with Gasteiger partial charge in [0.2, 0.25) is 18.6 Å². The van der Waals surface area contributed by atoms with Gasteiger partial charge < -0.3 is 24.3 Å². The molecule has 36 heavy (non-hydrogen) atoms. The van der Waals surface area contributed by atoms with Crippen molar-refractivity contribution in [2.75, 3.05) is 40.6 Å². The molecule has 190 valence electrons. The number of methoxy groups -OCH3 is 2. The Bertz CT molecular complexity index is 1180. The lowest BCUT2D eigenvalue weighted by molar-refractivity contribution is -0.150. The molecular formula is C26H29N3O7. The molecule has 10 heteroatoms. The Labute approximate surface area is 209 Å². The first kappa shape index (κ1) is 25.1. The minimum Gasteiger partial charge on any atom is -0.493 e. The van der Waals surface area contributed by atoms with Gasteiger partial charge in [0.25, 0.3) is 0 Å². The van der Waals surface area contributed by atoms with Crippen molar-refractivity contribution in [2.24, 2.45) is 5.41 Å². The van der Waals surface area contributed by atoms with Gasteiger partial charge in [-0.3, -0.25) is 19.8 Å². The van der Waals surface area contributed by atoms with Gasteiger partial charge in [-0.05, 0) is 54.8 Å². The van der Waals surface area contributed by atoms with Crippen LogP contribution in [-0.2, 0) is 22.4 Å². The standard InChI is InChI=1S/C26H29N3O7/c1-4-11-29-24(31)26(23(30)28-25(29)32,14-18-6-8-20-22(13-18)36-16-35-20)15-27-10-9-17-5-7-19(33-2)21(12-17)34-3/h4-8,12-13,27H,1,9-11,14-16H2,2-3H3,(H,28,30,32)/t26-/m1/s1. The summed E-state index contributed by atoms with van der Waals surface area (Å²) in [5.74, 6) is 1.18. The van der Waals surface area contributed by atoms with Crippen LogP contribution >= 0.6 is 0 Å². The number of amides is 4. The Morgan fingerprint density at radius 3 is 2.56 bits per heavy atom. The summed E-state index contributed by atoms with van der Waals surface area (Å²) in [4.78, 5) is 40.2. The van der Waals surface area contributed by atoms with Crippen molar-refractivity contribution >= 4 is 17.8 Å². The molecular weight excluding hydrogens is 466 g/mol. The molecule has 0 unspecified atom stereocenters. The summed E-state index contributed by atoms with van der Waals surface area (Å²) in [7, 11) is 3.15. The van der Waals surface area contributed by atoms with Crippen LogP contribution in [0.25, 0.3) is 0 Å². The first-order valence-corrected chi connectivity index (χ1v) is 11.5. The number of hydrogen-bond donors (Lipinski definition) is 2. The van der Waals surface area contributed by atoms with Crippen LogP contribution in [0.3, 0.4) is 0 Å². The molecule has 1 fully saturated rings. The molecule has 0 saturated carbocycles. The van der Waals surface area contributed by atoms with Crippen molar-refractivity contribution in [2.45, 2.75) is 12.8 Å². The third-order valence-corrected chi connectivity index (χ3v) is 6.27. The minimum atomic E-state index is -1.54. The Morgan fingerprint density at radius 2 is 1.81 bits per heavy atom. The highest BCUT2D eigenvalue weighted by Gasteiger charge is 2.53. The van der Waals surface area contributed by atoms with Gasteiger partial charge in [-0.15, -0.1) is 6.58 Å². The van der Waals surface area contributed by atoms with Crippen LogP contribution in [0.15, 0.2) is 49.1 Å². The molecule has 0 spiro atoms. The lowest BCUT2D eigenvalue weighted by Crippen LogP contribution is -2.67. The van der Waals surface area contributed by atoms with Crippen LogP contribution in [0.4, 0.5) is 4.79 Å². The van der Waals surface area contributed by atoms with Gasteiger partial charge in [0, 0.05) is 13.1 Å². The predicted octanol–water partition coefficient (Wildman–Crippen LogP) is 2.06. The summed E-state index contributed by atoms with van der Waals surface area (Å²) in [5, 5.41) is 5.60. The van der Waals surface area contributed by atoms with Gasteiger partial charge >= 0.3 is 6.03 Å². The second kappa shape index (κ2) is 10.7. The third-order valence-electron chi connectivity index (χ3n) is 6.27. The molecule has 0 aromatic heterocycles. The molecule has 2 heterocycles. The molecule has 2 aromatic rings. The molecule has 2 aromatic carbocycles. The van der Waals surface area contributed by atoms with Crippen molar-refractivity contribution in [3.05, 3.63) is 60.2 Å². The van der Waals surface area contributed by atoms with E-state index in [2.05, 4.69) is 17.2 Å². The van der Waals surface area contributed by atoms with Crippen LogP contribution in [0.1, 0.15) is 11.1 Å². The third kappa shape index (κ3) is 4.85. The van der Waals surface area contributed by atoms with E-state index >= 15 is 0 Å². The Morgan fingerprint density at radius 1 is 1.06 bits per heavy atom. The van der Waals surface area contributed by atoms with Crippen molar-refractivity contribution in [1.29, 1.82) is 0 Å². The highest BCUT2D eigenvalue weighted by molar-refractivity contribution is 6.19. The van der Waals surface area contributed by atoms with E-state index in [4.69, 9.17) is 18.9 Å². The number of nitrogens with zero attached hydrogens (tertiary/aromatic N) is 1. The quantitative estimate of drug-likeness (QED) is 0.277. The molecule has 0 aliphatic carbocycles. The van der Waals surface area contributed by atoms with E-state index in [1.165, 1.54) is 6.08 Å². The number of carbonyl (C=O) groups excluding carboxylic acids is 3. The van der Waals surface area contributed by atoms with Crippen LogP contribution in [-0.4, -0.2) is 63.4 Å². The van der Waals surface area contributed by atoms with Crippen molar-refractivity contribution in [3.8, 4) is 23.0 Å². The Hall–Kier alpha value is -4.05. The lowest BCUT2D eigenvalue weighted by Gasteiger charge is -2.39. The van der Waals surface area contributed by atoms with Crippen LogP contribution in [0, 0.1) is 5.41 Å². The van der Waals surface area contributed by atoms with Crippen LogP contribution in [0.2, 0.25) is 0 Å². The van der Waals surface area contributed by atoms with E-state index < -0.39 is 23.3 Å². The minimum absolute atomic E-state index is 0.00746. The molecule has 2 aliphatic rings. The SMILES string of the molecule is C=CCN1C(=O)NC(=O)[C@](CNCCc2ccc(OC)c(OC)c2)(Cc2ccc3c(c2)OCO3)C1=O. The molecule has 1 atom stereocenters. The van der Waals surface area contributed by atoms with Crippen molar-refractivity contribution in [3.63, 3.8) is 0 Å². The predicted molar refractivity (Wildman–Crippen MR) is 130 cm³/mol. The highest BCUT2D eigenvalue weighted by atomic mass is 16.7. The summed E-state index contributed by atoms with van der Waals surface area (Å²) < 4.78 is 21.5. The van der Waals surface area contributed by atoms with E-state index in [9.17, 15) is 14.4 Å². The summed E-state index contributed by atoms with van der Waals surface area (Å²) in [6, 6.07) is 10.2. The van der Waals surface area contributed by atoms with E-state index in [0.717, 1.165) is 10.5 Å². The second-order valence-electron chi connectivity index (χ2n) is 8.53. The summed E-state index contributed by atoms with van der Waals surface area (Å²) in [5.41, 5.74) is 0.160. The summed E-state index contributed by atoms with van der Waals surface area (Å²) in [6.07, 6.45) is 2.13. The number of fused-ring (bicyclic) bond motifs is 1. The van der Waals surface area contributed by atoms with E-state index in [1.807, 2.05) is 18.2 Å². The lowest BCUT2D eigenvalue weighted by atomic mass is 9.77. The van der Waals surface area contributed by atoms with Gasteiger partial charge in [-0.25, -0.2) is 4.79 Å². The van der Waals surface area contributed by atoms with Gasteiger partial charge in [0.05, 0.1) is 14.2 Å². The zero-order valence-electron chi connectivity index (χ0n) is 20.3. The molecule has 4 rings (SSSR count). The molecule has 0 bridgehead atoms. The zero-order valence-corrected chi connectivity index (χ0v) is 20.3. The van der Waals surface area contributed by atoms with Gasteiger partial charge in [0.15, 0.2) is 23.0 Å². The number of barbiturate groups is 1.